The Balaban J connectivity index is 2.26. The molecule has 0 aromatic heterocycles. The molecule has 0 aliphatic heterocycles. The smallest absolute Gasteiger partial charge is 0.156 e. The van der Waals surface area contributed by atoms with Gasteiger partial charge < -0.3 is 14.8 Å². The van der Waals surface area contributed by atoms with Crippen LogP contribution in [-0.4, -0.2) is 33.4 Å². The van der Waals surface area contributed by atoms with E-state index in [0.29, 0.717) is 29.0 Å². The highest BCUT2D eigenvalue weighted by Gasteiger charge is 2.05. The van der Waals surface area contributed by atoms with Gasteiger partial charge in [-0.2, -0.15) is 0 Å². The van der Waals surface area contributed by atoms with Crippen LogP contribution in [0.25, 0.3) is 0 Å². The maximum atomic E-state index is 5.94. The van der Waals surface area contributed by atoms with E-state index in [2.05, 4.69) is 5.32 Å². The van der Waals surface area contributed by atoms with Gasteiger partial charge in [0, 0.05) is 20.2 Å². The fourth-order valence-electron chi connectivity index (χ4n) is 1.14. The lowest BCUT2D eigenvalue weighted by molar-refractivity contribution is 0.197. The van der Waals surface area contributed by atoms with E-state index in [9.17, 15) is 0 Å². The Kier molecular flexibility index (Phi) is 6.57. The maximum Gasteiger partial charge on any atom is 0.156 e. The Morgan fingerprint density at radius 1 is 1.12 bits per heavy atom. The summed E-state index contributed by atoms with van der Waals surface area (Å²) in [5, 5.41) is 4.22. The molecule has 0 radical (unpaired) electrons. The van der Waals surface area contributed by atoms with Crippen LogP contribution in [0.5, 0.6) is 5.75 Å². The normalized spacial score (nSPS) is 10.4. The fraction of sp³-hybridized carbons (Fsp3) is 0.455. The van der Waals surface area contributed by atoms with E-state index in [1.165, 1.54) is 0 Å². The number of benzene rings is 1. The molecule has 0 spiro atoms. The largest absolute Gasteiger partial charge is 0.489 e. The Labute approximate surface area is 106 Å². The zero-order chi connectivity index (χ0) is 11.8. The van der Waals surface area contributed by atoms with Gasteiger partial charge in [-0.05, 0) is 12.1 Å². The van der Waals surface area contributed by atoms with Gasteiger partial charge in [-0.1, -0.05) is 29.3 Å². The van der Waals surface area contributed by atoms with Crippen molar-refractivity contribution in [1.82, 2.24) is 5.32 Å². The predicted molar refractivity (Wildman–Crippen MR) is 66.7 cm³/mol. The van der Waals surface area contributed by atoms with Crippen LogP contribution in [-0.2, 0) is 4.74 Å². The zero-order valence-corrected chi connectivity index (χ0v) is 10.6. The molecule has 0 atom stereocenters. The first-order chi connectivity index (χ1) is 7.75. The first kappa shape index (κ1) is 13.6. The SMILES string of the molecule is COCCNCCOc1c(Cl)cccc1Cl. The number of hydrogen-bond acceptors (Lipinski definition) is 3. The summed E-state index contributed by atoms with van der Waals surface area (Å²) in [5.41, 5.74) is 0. The molecule has 0 aliphatic rings. The van der Waals surface area contributed by atoms with Crippen LogP contribution >= 0.6 is 23.2 Å². The van der Waals surface area contributed by atoms with Gasteiger partial charge in [-0.25, -0.2) is 0 Å². The van der Waals surface area contributed by atoms with Gasteiger partial charge in [0.25, 0.3) is 0 Å². The minimum absolute atomic E-state index is 0.521. The van der Waals surface area contributed by atoms with Crippen LogP contribution in [0, 0.1) is 0 Å². The Bertz CT molecular complexity index is 301. The number of hydrogen-bond donors (Lipinski definition) is 1. The molecule has 0 heterocycles. The molecule has 1 N–H and O–H groups in total. The van der Waals surface area contributed by atoms with Gasteiger partial charge in [0.1, 0.15) is 6.61 Å². The number of para-hydroxylation sites is 1. The first-order valence-electron chi connectivity index (χ1n) is 5.02. The van der Waals surface area contributed by atoms with Gasteiger partial charge in [0.15, 0.2) is 5.75 Å². The summed E-state index contributed by atoms with van der Waals surface area (Å²) < 4.78 is 10.4. The maximum absolute atomic E-state index is 5.94. The first-order valence-corrected chi connectivity index (χ1v) is 5.77. The number of rotatable bonds is 7. The van der Waals surface area contributed by atoms with Crippen molar-refractivity contribution in [1.29, 1.82) is 0 Å². The van der Waals surface area contributed by atoms with Crippen LogP contribution in [0.3, 0.4) is 0 Å². The lowest BCUT2D eigenvalue weighted by atomic mass is 10.3. The molecular formula is C11H15Cl2NO2. The molecule has 0 bridgehead atoms. The standard InChI is InChI=1S/C11H15Cl2NO2/c1-15-7-5-14-6-8-16-11-9(12)3-2-4-10(11)13/h2-4,14H,5-8H2,1H3. The van der Waals surface area contributed by atoms with Gasteiger partial charge in [0.2, 0.25) is 0 Å². The molecule has 0 amide bonds. The van der Waals surface area contributed by atoms with Crippen molar-refractivity contribution in [3.63, 3.8) is 0 Å². The summed E-state index contributed by atoms with van der Waals surface area (Å²) in [6.45, 7) is 2.74. The molecule has 1 rings (SSSR count). The van der Waals surface area contributed by atoms with Crippen molar-refractivity contribution in [2.24, 2.45) is 0 Å². The molecular weight excluding hydrogens is 249 g/mol. The van der Waals surface area contributed by atoms with Crippen molar-refractivity contribution >= 4 is 23.2 Å². The van der Waals surface area contributed by atoms with Crippen LogP contribution in [0.15, 0.2) is 18.2 Å². The van der Waals surface area contributed by atoms with E-state index in [1.54, 1.807) is 25.3 Å². The van der Waals surface area contributed by atoms with Crippen LogP contribution in [0.2, 0.25) is 10.0 Å². The number of halogens is 2. The predicted octanol–water partition coefficient (Wildman–Crippen LogP) is 2.61. The second-order valence-electron chi connectivity index (χ2n) is 3.14. The highest BCUT2D eigenvalue weighted by Crippen LogP contribution is 2.31. The average molecular weight is 264 g/mol. The summed E-state index contributed by atoms with van der Waals surface area (Å²) >= 11 is 11.9. The monoisotopic (exact) mass is 263 g/mol. The van der Waals surface area contributed by atoms with E-state index < -0.39 is 0 Å². The third-order valence-electron chi connectivity index (χ3n) is 1.93. The molecule has 0 fully saturated rings. The van der Waals surface area contributed by atoms with E-state index in [0.717, 1.165) is 13.1 Å². The summed E-state index contributed by atoms with van der Waals surface area (Å²) in [4.78, 5) is 0. The highest BCUT2D eigenvalue weighted by molar-refractivity contribution is 6.37. The average Bonchev–Trinajstić information content (AvgIpc) is 2.26. The third-order valence-corrected chi connectivity index (χ3v) is 2.52. The van der Waals surface area contributed by atoms with Crippen molar-refractivity contribution in [3.8, 4) is 5.75 Å². The Morgan fingerprint density at radius 2 is 1.75 bits per heavy atom. The molecule has 0 aliphatic carbocycles. The van der Waals surface area contributed by atoms with Crippen LogP contribution < -0.4 is 10.1 Å². The molecule has 0 unspecified atom stereocenters. The molecule has 1 aromatic carbocycles. The van der Waals surface area contributed by atoms with Gasteiger partial charge in [-0.3, -0.25) is 0 Å². The van der Waals surface area contributed by atoms with Gasteiger partial charge in [-0.15, -0.1) is 0 Å². The topological polar surface area (TPSA) is 30.5 Å². The lowest BCUT2D eigenvalue weighted by Gasteiger charge is -2.10. The van der Waals surface area contributed by atoms with Crippen molar-refractivity contribution in [3.05, 3.63) is 28.2 Å². The minimum Gasteiger partial charge on any atom is -0.489 e. The minimum atomic E-state index is 0.521. The number of methoxy groups -OCH3 is 1. The molecule has 1 aromatic rings. The molecule has 5 heteroatoms. The van der Waals surface area contributed by atoms with Crippen molar-refractivity contribution in [2.75, 3.05) is 33.4 Å². The van der Waals surface area contributed by atoms with E-state index in [4.69, 9.17) is 32.7 Å². The Morgan fingerprint density at radius 3 is 2.38 bits per heavy atom. The second kappa shape index (κ2) is 7.74. The molecule has 0 saturated heterocycles. The number of ether oxygens (including phenoxy) is 2. The molecule has 90 valence electrons. The summed E-state index contributed by atoms with van der Waals surface area (Å²) in [7, 11) is 1.67. The van der Waals surface area contributed by atoms with E-state index in [-0.39, 0.29) is 0 Å². The molecule has 16 heavy (non-hydrogen) atoms. The number of nitrogens with one attached hydrogen (secondary N) is 1. The summed E-state index contributed by atoms with van der Waals surface area (Å²) in [5.74, 6) is 0.541. The van der Waals surface area contributed by atoms with E-state index >= 15 is 0 Å². The second-order valence-corrected chi connectivity index (χ2v) is 3.96. The van der Waals surface area contributed by atoms with Crippen molar-refractivity contribution in [2.45, 2.75) is 0 Å². The quantitative estimate of drug-likeness (QED) is 0.768. The Hall–Kier alpha value is -0.480. The molecule has 3 nitrogen and oxygen atoms in total. The third kappa shape index (κ3) is 4.58. The molecule has 0 saturated carbocycles. The highest BCUT2D eigenvalue weighted by atomic mass is 35.5. The summed E-state index contributed by atoms with van der Waals surface area (Å²) in [6, 6.07) is 5.29. The lowest BCUT2D eigenvalue weighted by Crippen LogP contribution is -2.24. The van der Waals surface area contributed by atoms with Gasteiger partial charge in [0.05, 0.1) is 16.7 Å². The summed E-state index contributed by atoms with van der Waals surface area (Å²) in [6.07, 6.45) is 0. The fourth-order valence-corrected chi connectivity index (χ4v) is 1.65. The van der Waals surface area contributed by atoms with Gasteiger partial charge >= 0.3 is 0 Å². The van der Waals surface area contributed by atoms with E-state index in [1.807, 2.05) is 0 Å². The van der Waals surface area contributed by atoms with Crippen molar-refractivity contribution < 1.29 is 9.47 Å². The van der Waals surface area contributed by atoms with Crippen LogP contribution in [0.4, 0.5) is 0 Å². The zero-order valence-electron chi connectivity index (χ0n) is 9.13. The van der Waals surface area contributed by atoms with Crippen LogP contribution in [0.1, 0.15) is 0 Å².